The van der Waals surface area contributed by atoms with Crippen molar-refractivity contribution in [1.29, 1.82) is 0 Å². The zero-order valence-corrected chi connectivity index (χ0v) is 8.47. The number of anilines is 1. The molecule has 4 N–H and O–H groups in total. The Balaban J connectivity index is 2.31. The number of rotatable bonds is 0. The van der Waals surface area contributed by atoms with Crippen molar-refractivity contribution < 1.29 is 0 Å². The molecule has 1 aliphatic rings. The van der Waals surface area contributed by atoms with Gasteiger partial charge in [0.15, 0.2) is 5.13 Å². The highest BCUT2D eigenvalue weighted by molar-refractivity contribution is 7.22. The molecule has 3 rings (SSSR count). The topological polar surface area (TPSA) is 64.9 Å². The van der Waals surface area contributed by atoms with Crippen molar-refractivity contribution in [2.24, 2.45) is 5.73 Å². The summed E-state index contributed by atoms with van der Waals surface area (Å²) in [6, 6.07) is 4.47. The molecule has 1 atom stereocenters. The zero-order valence-electron chi connectivity index (χ0n) is 7.66. The number of nitrogens with two attached hydrogens (primary N) is 2. The van der Waals surface area contributed by atoms with Crippen LogP contribution in [0.15, 0.2) is 12.1 Å². The van der Waals surface area contributed by atoms with Crippen LogP contribution >= 0.6 is 11.3 Å². The second kappa shape index (κ2) is 2.68. The largest absolute Gasteiger partial charge is 0.375 e. The minimum Gasteiger partial charge on any atom is -0.375 e. The molecule has 1 heterocycles. The first-order chi connectivity index (χ1) is 6.74. The molecule has 0 saturated carbocycles. The standard InChI is InChI=1S/C10H11N3S/c11-7-2-1-5-3-9-8(4-6(5)7)13-10(12)14-9/h3-4,7H,1-2,11H2,(H2,12,13). The first kappa shape index (κ1) is 8.20. The normalized spacial score (nSPS) is 20.2. The molecule has 14 heavy (non-hydrogen) atoms. The van der Waals surface area contributed by atoms with Gasteiger partial charge in [-0.05, 0) is 36.1 Å². The highest BCUT2D eigenvalue weighted by atomic mass is 32.1. The molecule has 0 amide bonds. The van der Waals surface area contributed by atoms with Crippen molar-refractivity contribution in [3.8, 4) is 0 Å². The summed E-state index contributed by atoms with van der Waals surface area (Å²) in [6.07, 6.45) is 2.15. The van der Waals surface area contributed by atoms with Gasteiger partial charge >= 0.3 is 0 Å². The third kappa shape index (κ3) is 1.04. The van der Waals surface area contributed by atoms with E-state index in [1.165, 1.54) is 15.8 Å². The van der Waals surface area contributed by atoms with Gasteiger partial charge in [-0.3, -0.25) is 0 Å². The van der Waals surface area contributed by atoms with E-state index in [2.05, 4.69) is 17.1 Å². The molecule has 72 valence electrons. The van der Waals surface area contributed by atoms with Crippen molar-refractivity contribution >= 4 is 26.7 Å². The number of hydrogen-bond acceptors (Lipinski definition) is 4. The Morgan fingerprint density at radius 1 is 1.43 bits per heavy atom. The summed E-state index contributed by atoms with van der Waals surface area (Å²) >= 11 is 1.55. The summed E-state index contributed by atoms with van der Waals surface area (Å²) in [7, 11) is 0. The summed E-state index contributed by atoms with van der Waals surface area (Å²) in [5.41, 5.74) is 15.3. The fourth-order valence-electron chi connectivity index (χ4n) is 2.08. The molecule has 0 bridgehead atoms. The summed E-state index contributed by atoms with van der Waals surface area (Å²) in [5.74, 6) is 0. The van der Waals surface area contributed by atoms with Crippen molar-refractivity contribution in [2.45, 2.75) is 18.9 Å². The van der Waals surface area contributed by atoms with E-state index in [0.717, 1.165) is 18.4 Å². The fraction of sp³-hybridized carbons (Fsp3) is 0.300. The number of hydrogen-bond donors (Lipinski definition) is 2. The van der Waals surface area contributed by atoms with E-state index in [9.17, 15) is 0 Å². The van der Waals surface area contributed by atoms with Gasteiger partial charge in [-0.25, -0.2) is 4.98 Å². The predicted molar refractivity (Wildman–Crippen MR) is 59.3 cm³/mol. The molecule has 1 aromatic heterocycles. The molecule has 0 aliphatic heterocycles. The van der Waals surface area contributed by atoms with E-state index in [-0.39, 0.29) is 6.04 Å². The molecule has 1 aliphatic carbocycles. The van der Waals surface area contributed by atoms with E-state index in [0.29, 0.717) is 5.13 Å². The number of fused-ring (bicyclic) bond motifs is 2. The molecule has 1 unspecified atom stereocenters. The van der Waals surface area contributed by atoms with Crippen molar-refractivity contribution in [3.63, 3.8) is 0 Å². The minimum atomic E-state index is 0.192. The molecular formula is C10H11N3S. The summed E-state index contributed by atoms with van der Waals surface area (Å²) in [5, 5.41) is 0.636. The van der Waals surface area contributed by atoms with Crippen LogP contribution in [0, 0.1) is 0 Å². The Kier molecular flexibility index (Phi) is 1.57. The maximum atomic E-state index is 5.99. The number of nitrogens with zero attached hydrogens (tertiary/aromatic N) is 1. The van der Waals surface area contributed by atoms with Crippen LogP contribution in [0.4, 0.5) is 5.13 Å². The highest BCUT2D eigenvalue weighted by Crippen LogP contribution is 2.34. The van der Waals surface area contributed by atoms with Crippen LogP contribution in [0.25, 0.3) is 10.2 Å². The average Bonchev–Trinajstić information content (AvgIpc) is 2.66. The van der Waals surface area contributed by atoms with Crippen molar-refractivity contribution in [2.75, 3.05) is 5.73 Å². The van der Waals surface area contributed by atoms with E-state index in [4.69, 9.17) is 11.5 Å². The van der Waals surface area contributed by atoms with Crippen LogP contribution in [0.3, 0.4) is 0 Å². The Labute approximate surface area is 85.7 Å². The van der Waals surface area contributed by atoms with Gasteiger partial charge in [-0.2, -0.15) is 0 Å². The first-order valence-electron chi connectivity index (χ1n) is 4.68. The van der Waals surface area contributed by atoms with Gasteiger partial charge in [0.2, 0.25) is 0 Å². The SMILES string of the molecule is Nc1nc2cc3c(cc2s1)CCC3N. The molecule has 1 aromatic carbocycles. The van der Waals surface area contributed by atoms with Gasteiger partial charge in [-0.1, -0.05) is 11.3 Å². The smallest absolute Gasteiger partial charge is 0.181 e. The van der Waals surface area contributed by atoms with Crippen LogP contribution in [0.2, 0.25) is 0 Å². The maximum absolute atomic E-state index is 5.99. The Morgan fingerprint density at radius 3 is 3.14 bits per heavy atom. The molecule has 4 heteroatoms. The minimum absolute atomic E-state index is 0.192. The zero-order chi connectivity index (χ0) is 9.71. The van der Waals surface area contributed by atoms with Gasteiger partial charge in [0.05, 0.1) is 10.2 Å². The lowest BCUT2D eigenvalue weighted by Crippen LogP contribution is -2.04. The molecule has 3 nitrogen and oxygen atoms in total. The van der Waals surface area contributed by atoms with Crippen LogP contribution < -0.4 is 11.5 Å². The van der Waals surface area contributed by atoms with E-state index in [1.54, 1.807) is 11.3 Å². The lowest BCUT2D eigenvalue weighted by Gasteiger charge is -2.03. The first-order valence-corrected chi connectivity index (χ1v) is 5.50. The maximum Gasteiger partial charge on any atom is 0.181 e. The van der Waals surface area contributed by atoms with Crippen LogP contribution in [0.5, 0.6) is 0 Å². The number of nitrogen functional groups attached to an aromatic ring is 1. The van der Waals surface area contributed by atoms with Crippen molar-refractivity contribution in [3.05, 3.63) is 23.3 Å². The van der Waals surface area contributed by atoms with Crippen LogP contribution in [-0.4, -0.2) is 4.98 Å². The Bertz CT molecular complexity index is 503. The van der Waals surface area contributed by atoms with Crippen LogP contribution in [-0.2, 0) is 6.42 Å². The molecule has 0 spiro atoms. The van der Waals surface area contributed by atoms with Crippen LogP contribution in [0.1, 0.15) is 23.6 Å². The van der Waals surface area contributed by atoms with E-state index < -0.39 is 0 Å². The lowest BCUT2D eigenvalue weighted by molar-refractivity contribution is 0.713. The third-order valence-electron chi connectivity index (χ3n) is 2.79. The second-order valence-corrected chi connectivity index (χ2v) is 4.78. The van der Waals surface area contributed by atoms with E-state index in [1.807, 2.05) is 0 Å². The van der Waals surface area contributed by atoms with Gasteiger partial charge in [0.1, 0.15) is 0 Å². The Hall–Kier alpha value is -1.13. The summed E-state index contributed by atoms with van der Waals surface area (Å²) in [4.78, 5) is 4.27. The van der Waals surface area contributed by atoms with Gasteiger partial charge in [-0.15, -0.1) is 0 Å². The van der Waals surface area contributed by atoms with Gasteiger partial charge in [0.25, 0.3) is 0 Å². The molecule has 2 aromatic rings. The summed E-state index contributed by atoms with van der Waals surface area (Å²) < 4.78 is 1.18. The molecule has 0 fully saturated rings. The predicted octanol–water partition coefficient (Wildman–Crippen LogP) is 1.82. The highest BCUT2D eigenvalue weighted by Gasteiger charge is 2.20. The average molecular weight is 205 g/mol. The van der Waals surface area contributed by atoms with Gasteiger partial charge in [0, 0.05) is 6.04 Å². The van der Waals surface area contributed by atoms with Crippen molar-refractivity contribution in [1.82, 2.24) is 4.98 Å². The quantitative estimate of drug-likeness (QED) is 0.689. The van der Waals surface area contributed by atoms with E-state index >= 15 is 0 Å². The monoisotopic (exact) mass is 205 g/mol. The number of aromatic nitrogens is 1. The fourth-order valence-corrected chi connectivity index (χ4v) is 2.86. The molecular weight excluding hydrogens is 194 g/mol. The lowest BCUT2D eigenvalue weighted by atomic mass is 10.1. The Morgan fingerprint density at radius 2 is 2.29 bits per heavy atom. The number of aryl methyl sites for hydroxylation is 1. The molecule has 0 saturated heterocycles. The number of thiazole rings is 1. The molecule has 0 radical (unpaired) electrons. The van der Waals surface area contributed by atoms with Gasteiger partial charge < -0.3 is 11.5 Å². The third-order valence-corrected chi connectivity index (χ3v) is 3.64. The number of benzene rings is 1. The summed E-state index contributed by atoms with van der Waals surface area (Å²) in [6.45, 7) is 0. The second-order valence-electron chi connectivity index (χ2n) is 3.72.